The number of furan rings is 2. The van der Waals surface area contributed by atoms with Crippen molar-refractivity contribution >= 4 is 40.0 Å². The minimum absolute atomic E-state index is 0.0411. The van der Waals surface area contributed by atoms with Crippen LogP contribution in [0.4, 0.5) is 9.59 Å². The van der Waals surface area contributed by atoms with Gasteiger partial charge in [-0.1, -0.05) is 50.2 Å². The molecule has 3 saturated heterocycles. The number of fused-ring (bicyclic) bond motifs is 2. The van der Waals surface area contributed by atoms with E-state index in [2.05, 4.69) is 41.5 Å². The number of hydrogen-bond acceptors (Lipinski definition) is 9. The first-order valence-corrected chi connectivity index (χ1v) is 22.7. The number of benzene rings is 2. The molecule has 5 heterocycles. The van der Waals surface area contributed by atoms with Crippen LogP contribution in [-0.2, 0) is 29.8 Å². The van der Waals surface area contributed by atoms with Crippen LogP contribution in [0.2, 0.25) is 0 Å². The summed E-state index contributed by atoms with van der Waals surface area (Å²) in [5.41, 5.74) is 0.0479. The highest BCUT2D eigenvalue weighted by atomic mass is 16.6. The molecule has 3 aliphatic rings. The van der Waals surface area contributed by atoms with E-state index in [0.717, 1.165) is 86.2 Å². The SMILES string of the molecule is C1CCOC1.CC(C)(C)OC(=O)NCC1CCN(C(=O)C(C)(C)c2cc3ccccc3o2)CC1.CC(C)(C)OC(=O)NCC1CCN(CC(C)(C)c2cc3ccccc3o2)CC1. The van der Waals surface area contributed by atoms with E-state index >= 15 is 0 Å². The Labute approximate surface area is 369 Å². The number of para-hydroxylation sites is 2. The molecule has 12 nitrogen and oxygen atoms in total. The van der Waals surface area contributed by atoms with Gasteiger partial charge in [0.2, 0.25) is 5.91 Å². The van der Waals surface area contributed by atoms with E-state index in [4.69, 9.17) is 23.0 Å². The molecule has 3 aliphatic heterocycles. The summed E-state index contributed by atoms with van der Waals surface area (Å²) in [6, 6.07) is 20.1. The number of carbonyl (C=O) groups is 3. The maximum absolute atomic E-state index is 13.2. The fraction of sp³-hybridized carbons (Fsp3) is 0.620. The number of alkyl carbamates (subject to hydrolysis) is 2. The number of piperidine rings is 2. The lowest BCUT2D eigenvalue weighted by Gasteiger charge is -2.36. The molecule has 2 N–H and O–H groups in total. The van der Waals surface area contributed by atoms with E-state index in [1.165, 1.54) is 12.8 Å². The number of nitrogens with one attached hydrogen (secondary N) is 2. The monoisotopic (exact) mass is 859 g/mol. The third-order valence-electron chi connectivity index (χ3n) is 11.6. The van der Waals surface area contributed by atoms with Crippen molar-refractivity contribution in [1.82, 2.24) is 20.4 Å². The second kappa shape index (κ2) is 21.2. The van der Waals surface area contributed by atoms with Gasteiger partial charge in [0.05, 0.1) is 0 Å². The summed E-state index contributed by atoms with van der Waals surface area (Å²) in [6.07, 6.45) is 5.75. The molecule has 0 saturated carbocycles. The lowest BCUT2D eigenvalue weighted by atomic mass is 9.86. The molecule has 12 heteroatoms. The molecule has 0 bridgehead atoms. The lowest BCUT2D eigenvalue weighted by Crippen LogP contribution is -2.48. The summed E-state index contributed by atoms with van der Waals surface area (Å²) < 4.78 is 27.6. The Hall–Kier alpha value is -4.55. The predicted octanol–water partition coefficient (Wildman–Crippen LogP) is 10.2. The van der Waals surface area contributed by atoms with Gasteiger partial charge in [-0.2, -0.15) is 0 Å². The number of carbonyl (C=O) groups excluding carboxylic acids is 3. The molecule has 0 radical (unpaired) electrons. The maximum atomic E-state index is 13.2. The second-order valence-electron chi connectivity index (χ2n) is 20.3. The quantitative estimate of drug-likeness (QED) is 0.169. The first kappa shape index (κ1) is 48.5. The Kier molecular flexibility index (Phi) is 16.6. The summed E-state index contributed by atoms with van der Waals surface area (Å²) in [7, 11) is 0. The van der Waals surface area contributed by atoms with E-state index in [1.807, 2.05) is 109 Å². The van der Waals surface area contributed by atoms with Crippen molar-refractivity contribution in [2.45, 2.75) is 130 Å². The molecule has 342 valence electrons. The number of nitrogens with zero attached hydrogens (tertiary/aromatic N) is 2. The zero-order chi connectivity index (χ0) is 45.1. The van der Waals surface area contributed by atoms with E-state index in [0.29, 0.717) is 43.8 Å². The van der Waals surface area contributed by atoms with Crippen LogP contribution in [0.3, 0.4) is 0 Å². The van der Waals surface area contributed by atoms with Crippen LogP contribution >= 0.6 is 0 Å². The van der Waals surface area contributed by atoms with Crippen LogP contribution < -0.4 is 10.6 Å². The zero-order valence-electron chi connectivity index (χ0n) is 39.2. The van der Waals surface area contributed by atoms with Gasteiger partial charge < -0.3 is 43.5 Å². The number of likely N-dealkylation sites (tertiary alicyclic amines) is 2. The summed E-state index contributed by atoms with van der Waals surface area (Å²) in [5, 5.41) is 7.94. The van der Waals surface area contributed by atoms with E-state index in [1.54, 1.807) is 0 Å². The molecule has 0 aliphatic carbocycles. The molecule has 0 spiro atoms. The topological polar surface area (TPSA) is 136 Å². The van der Waals surface area contributed by atoms with Crippen molar-refractivity contribution in [3.63, 3.8) is 0 Å². The van der Waals surface area contributed by atoms with E-state index < -0.39 is 16.6 Å². The fourth-order valence-electron chi connectivity index (χ4n) is 8.03. The number of amides is 3. The van der Waals surface area contributed by atoms with Gasteiger partial charge in [0.1, 0.15) is 39.3 Å². The average Bonchev–Trinajstić information content (AvgIpc) is 4.02. The maximum Gasteiger partial charge on any atom is 0.407 e. The van der Waals surface area contributed by atoms with Crippen molar-refractivity contribution in [3.05, 3.63) is 72.2 Å². The highest BCUT2D eigenvalue weighted by molar-refractivity contribution is 5.89. The van der Waals surface area contributed by atoms with Gasteiger partial charge in [0.25, 0.3) is 0 Å². The van der Waals surface area contributed by atoms with Gasteiger partial charge in [0, 0.05) is 62.1 Å². The third kappa shape index (κ3) is 14.8. The Morgan fingerprint density at radius 2 is 1.06 bits per heavy atom. The van der Waals surface area contributed by atoms with Crippen LogP contribution in [0.15, 0.2) is 69.5 Å². The van der Waals surface area contributed by atoms with Crippen LogP contribution in [0, 0.1) is 11.8 Å². The lowest BCUT2D eigenvalue weighted by molar-refractivity contribution is -0.138. The highest BCUT2D eigenvalue weighted by Gasteiger charge is 2.38. The Morgan fingerprint density at radius 1 is 0.629 bits per heavy atom. The number of hydrogen-bond donors (Lipinski definition) is 2. The summed E-state index contributed by atoms with van der Waals surface area (Å²) >= 11 is 0. The molecule has 3 amide bonds. The molecular weight excluding hydrogens is 785 g/mol. The molecule has 2 aromatic heterocycles. The molecule has 4 aromatic rings. The van der Waals surface area contributed by atoms with Crippen LogP contribution in [0.25, 0.3) is 21.9 Å². The second-order valence-corrected chi connectivity index (χ2v) is 20.3. The Balaban J connectivity index is 0.000000210. The van der Waals surface area contributed by atoms with Gasteiger partial charge in [-0.3, -0.25) is 4.79 Å². The first-order valence-electron chi connectivity index (χ1n) is 22.7. The summed E-state index contributed by atoms with van der Waals surface area (Å²) in [5.74, 6) is 2.67. The van der Waals surface area contributed by atoms with Crippen molar-refractivity contribution in [2.24, 2.45) is 11.8 Å². The molecule has 2 aromatic carbocycles. The summed E-state index contributed by atoms with van der Waals surface area (Å²) in [6.45, 7) is 27.2. The zero-order valence-corrected chi connectivity index (χ0v) is 39.2. The summed E-state index contributed by atoms with van der Waals surface area (Å²) in [4.78, 5) is 41.3. The smallest absolute Gasteiger partial charge is 0.407 e. The number of ether oxygens (including phenoxy) is 3. The van der Waals surface area contributed by atoms with E-state index in [-0.39, 0.29) is 23.5 Å². The minimum atomic E-state index is -0.722. The highest BCUT2D eigenvalue weighted by Crippen LogP contribution is 2.34. The Morgan fingerprint density at radius 3 is 1.50 bits per heavy atom. The third-order valence-corrected chi connectivity index (χ3v) is 11.6. The van der Waals surface area contributed by atoms with Gasteiger partial charge in [-0.15, -0.1) is 0 Å². The van der Waals surface area contributed by atoms with Crippen LogP contribution in [0.5, 0.6) is 0 Å². The molecule has 3 fully saturated rings. The average molecular weight is 859 g/mol. The Bertz CT molecular complexity index is 1960. The predicted molar refractivity (Wildman–Crippen MR) is 245 cm³/mol. The minimum Gasteiger partial charge on any atom is -0.460 e. The molecular formula is C50H74N4O8. The van der Waals surface area contributed by atoms with Gasteiger partial charge in [0.15, 0.2) is 0 Å². The first-order chi connectivity index (χ1) is 29.2. The van der Waals surface area contributed by atoms with Crippen molar-refractivity contribution in [3.8, 4) is 0 Å². The molecule has 0 unspecified atom stereocenters. The fourth-order valence-corrected chi connectivity index (χ4v) is 8.03. The van der Waals surface area contributed by atoms with Crippen molar-refractivity contribution in [1.29, 1.82) is 0 Å². The van der Waals surface area contributed by atoms with Gasteiger partial charge in [-0.05, 0) is 143 Å². The molecule has 62 heavy (non-hydrogen) atoms. The van der Waals surface area contributed by atoms with Gasteiger partial charge in [-0.25, -0.2) is 9.59 Å². The van der Waals surface area contributed by atoms with E-state index in [9.17, 15) is 14.4 Å². The van der Waals surface area contributed by atoms with Crippen molar-refractivity contribution in [2.75, 3.05) is 59.0 Å². The normalized spacial score (nSPS) is 17.2. The molecule has 0 atom stereocenters. The standard InChI is InChI=1S/C23H32N2O4.C23H34N2O3.C4H8O/c1-22(2,3)29-21(27)24-15-16-10-12-25(13-11-16)20(26)23(4,5)19-14-17-8-6-7-9-18(17)28-19;1-22(2,3)28-21(26)24-15-17-10-12-25(13-11-17)16-23(4,5)20-14-18-8-6-7-9-19(18)27-20;1-2-4-5-3-1/h6-9,14,16H,10-13,15H2,1-5H3,(H,24,27);6-9,14,17H,10-13,15-16H2,1-5H3,(H,24,26);1-4H2. The number of rotatable bonds is 9. The van der Waals surface area contributed by atoms with Gasteiger partial charge >= 0.3 is 12.2 Å². The van der Waals surface area contributed by atoms with Crippen LogP contribution in [-0.4, -0.2) is 98.1 Å². The van der Waals surface area contributed by atoms with Crippen molar-refractivity contribution < 1.29 is 37.4 Å². The molecule has 7 rings (SSSR count). The largest absolute Gasteiger partial charge is 0.460 e. The van der Waals surface area contributed by atoms with Crippen LogP contribution in [0.1, 0.15) is 119 Å².